The molecule has 2 heterocycles. The van der Waals surface area contributed by atoms with Crippen molar-refractivity contribution in [2.75, 3.05) is 30.4 Å². The Balaban J connectivity index is 1.39. The molecule has 3 aromatic rings. The Hall–Kier alpha value is -3.92. The van der Waals surface area contributed by atoms with Gasteiger partial charge in [-0.1, -0.05) is 12.1 Å². The monoisotopic (exact) mass is 413 g/mol. The molecule has 0 saturated carbocycles. The molecule has 0 aliphatic carbocycles. The summed E-state index contributed by atoms with van der Waals surface area (Å²) in [6.45, 7) is 1.47. The largest absolute Gasteiger partial charge is 0.497 e. The highest BCUT2D eigenvalue weighted by molar-refractivity contribution is 5.94. The van der Waals surface area contributed by atoms with Gasteiger partial charge >= 0.3 is 0 Å². The van der Waals surface area contributed by atoms with Gasteiger partial charge in [-0.3, -0.25) is 4.79 Å². The highest BCUT2D eigenvalue weighted by Crippen LogP contribution is 2.27. The van der Waals surface area contributed by atoms with Crippen LogP contribution in [0.25, 0.3) is 11.3 Å². The van der Waals surface area contributed by atoms with E-state index in [-0.39, 0.29) is 11.8 Å². The van der Waals surface area contributed by atoms with Crippen LogP contribution in [0.2, 0.25) is 0 Å². The molecule has 2 aromatic carbocycles. The Morgan fingerprint density at radius 1 is 1.13 bits per heavy atom. The molecule has 156 valence electrons. The molecule has 1 aliphatic rings. The Morgan fingerprint density at radius 3 is 2.58 bits per heavy atom. The third kappa shape index (κ3) is 4.64. The number of amides is 1. The van der Waals surface area contributed by atoms with E-state index in [0.29, 0.717) is 11.3 Å². The van der Waals surface area contributed by atoms with Gasteiger partial charge in [0.15, 0.2) is 0 Å². The molecule has 7 heteroatoms. The van der Waals surface area contributed by atoms with Gasteiger partial charge in [0.05, 0.1) is 24.1 Å². The maximum atomic E-state index is 12.7. The van der Waals surface area contributed by atoms with Crippen molar-refractivity contribution in [2.24, 2.45) is 5.92 Å². The van der Waals surface area contributed by atoms with Crippen LogP contribution in [0.4, 0.5) is 11.5 Å². The van der Waals surface area contributed by atoms with Crippen LogP contribution in [0.15, 0.2) is 60.9 Å². The van der Waals surface area contributed by atoms with Gasteiger partial charge in [0, 0.05) is 30.6 Å². The molecule has 1 N–H and O–H groups in total. The summed E-state index contributed by atoms with van der Waals surface area (Å²) >= 11 is 0. The number of nitrogens with zero attached hydrogens (tertiary/aromatic N) is 4. The molecular weight excluding hydrogens is 390 g/mol. The average Bonchev–Trinajstić information content (AvgIpc) is 2.84. The highest BCUT2D eigenvalue weighted by atomic mass is 16.5. The lowest BCUT2D eigenvalue weighted by Crippen LogP contribution is -2.38. The van der Waals surface area contributed by atoms with Crippen LogP contribution in [0.5, 0.6) is 5.75 Å². The van der Waals surface area contributed by atoms with Gasteiger partial charge in [-0.05, 0) is 49.2 Å². The van der Waals surface area contributed by atoms with E-state index in [4.69, 9.17) is 4.74 Å². The molecule has 0 atom stereocenters. The summed E-state index contributed by atoms with van der Waals surface area (Å²) in [6.07, 6.45) is 3.03. The molecule has 1 aromatic heterocycles. The summed E-state index contributed by atoms with van der Waals surface area (Å²) in [5.74, 6) is 1.53. The molecule has 0 radical (unpaired) electrons. The number of para-hydroxylation sites is 1. The molecule has 0 unspecified atom stereocenters. The normalized spacial score (nSPS) is 14.0. The summed E-state index contributed by atoms with van der Waals surface area (Å²) in [7, 11) is 1.64. The summed E-state index contributed by atoms with van der Waals surface area (Å²) in [6, 6.07) is 18.9. The van der Waals surface area contributed by atoms with Crippen LogP contribution >= 0.6 is 0 Å². The predicted octanol–water partition coefficient (Wildman–Crippen LogP) is 3.88. The molecule has 1 aliphatic heterocycles. The molecular formula is C24H23N5O2. The number of nitrogens with one attached hydrogen (secondary N) is 1. The summed E-state index contributed by atoms with van der Waals surface area (Å²) in [5.41, 5.74) is 2.88. The number of nitriles is 1. The van der Waals surface area contributed by atoms with E-state index >= 15 is 0 Å². The number of ether oxygens (including phenoxy) is 1. The lowest BCUT2D eigenvalue weighted by Gasteiger charge is -2.32. The van der Waals surface area contributed by atoms with Crippen LogP contribution < -0.4 is 15.0 Å². The third-order valence-corrected chi connectivity index (χ3v) is 5.53. The zero-order valence-electron chi connectivity index (χ0n) is 17.3. The second-order valence-corrected chi connectivity index (χ2v) is 7.40. The van der Waals surface area contributed by atoms with Gasteiger partial charge in [0.1, 0.15) is 24.0 Å². The quantitative estimate of drug-likeness (QED) is 0.683. The Labute approximate surface area is 181 Å². The zero-order valence-corrected chi connectivity index (χ0v) is 17.3. The SMILES string of the molecule is COc1ccc(-c2cc(N3CCC(C(=O)Nc4ccccc4C#N)CC3)ncn2)cc1. The van der Waals surface area contributed by atoms with Crippen molar-refractivity contribution in [3.63, 3.8) is 0 Å². The number of aromatic nitrogens is 2. The van der Waals surface area contributed by atoms with Gasteiger partial charge in [-0.2, -0.15) is 5.26 Å². The lowest BCUT2D eigenvalue weighted by molar-refractivity contribution is -0.120. The van der Waals surface area contributed by atoms with Gasteiger partial charge in [-0.15, -0.1) is 0 Å². The Bertz CT molecular complexity index is 1100. The van der Waals surface area contributed by atoms with E-state index in [1.165, 1.54) is 0 Å². The molecule has 1 amide bonds. The number of benzene rings is 2. The molecule has 0 spiro atoms. The van der Waals surface area contributed by atoms with E-state index in [2.05, 4.69) is 26.3 Å². The summed E-state index contributed by atoms with van der Waals surface area (Å²) in [4.78, 5) is 23.7. The maximum absolute atomic E-state index is 12.7. The second-order valence-electron chi connectivity index (χ2n) is 7.40. The third-order valence-electron chi connectivity index (χ3n) is 5.53. The van der Waals surface area contributed by atoms with Crippen molar-refractivity contribution in [3.8, 4) is 23.1 Å². The van der Waals surface area contributed by atoms with Crippen molar-refractivity contribution in [2.45, 2.75) is 12.8 Å². The number of piperidine rings is 1. The number of anilines is 2. The van der Waals surface area contributed by atoms with E-state index in [0.717, 1.165) is 48.8 Å². The van der Waals surface area contributed by atoms with E-state index in [9.17, 15) is 10.1 Å². The van der Waals surface area contributed by atoms with Crippen molar-refractivity contribution >= 4 is 17.4 Å². The zero-order chi connectivity index (χ0) is 21.6. The number of carbonyl (C=O) groups excluding carboxylic acids is 1. The average molecular weight is 413 g/mol. The van der Waals surface area contributed by atoms with Gasteiger partial charge < -0.3 is 15.0 Å². The molecule has 31 heavy (non-hydrogen) atoms. The molecule has 7 nitrogen and oxygen atoms in total. The molecule has 4 rings (SSSR count). The second kappa shape index (κ2) is 9.26. The first kappa shape index (κ1) is 20.4. The van der Waals surface area contributed by atoms with Gasteiger partial charge in [0.2, 0.25) is 5.91 Å². The topological polar surface area (TPSA) is 91.1 Å². The van der Waals surface area contributed by atoms with Gasteiger partial charge in [-0.25, -0.2) is 9.97 Å². The minimum absolute atomic E-state index is 0.0380. The van der Waals surface area contributed by atoms with Crippen LogP contribution in [0.1, 0.15) is 18.4 Å². The van der Waals surface area contributed by atoms with Gasteiger partial charge in [0.25, 0.3) is 0 Å². The standard InChI is InChI=1S/C24H23N5O2/c1-31-20-8-6-17(7-9-20)22-14-23(27-16-26-22)29-12-10-18(11-13-29)24(30)28-21-5-3-2-4-19(21)15-25/h2-9,14,16,18H,10-13H2,1H3,(H,28,30). The highest BCUT2D eigenvalue weighted by Gasteiger charge is 2.26. The number of hydrogen-bond acceptors (Lipinski definition) is 6. The van der Waals surface area contributed by atoms with Crippen LogP contribution in [0.3, 0.4) is 0 Å². The maximum Gasteiger partial charge on any atom is 0.227 e. The Kier molecular flexibility index (Phi) is 6.08. The first-order valence-electron chi connectivity index (χ1n) is 10.2. The number of rotatable bonds is 5. The van der Waals surface area contributed by atoms with Crippen LogP contribution in [-0.4, -0.2) is 36.1 Å². The fourth-order valence-electron chi connectivity index (χ4n) is 3.73. The van der Waals surface area contributed by atoms with Crippen molar-refractivity contribution < 1.29 is 9.53 Å². The van der Waals surface area contributed by atoms with Crippen LogP contribution in [-0.2, 0) is 4.79 Å². The van der Waals surface area contributed by atoms with Crippen LogP contribution in [0, 0.1) is 17.2 Å². The first-order chi connectivity index (χ1) is 15.2. The minimum Gasteiger partial charge on any atom is -0.497 e. The minimum atomic E-state index is -0.0918. The first-order valence-corrected chi connectivity index (χ1v) is 10.2. The van der Waals surface area contributed by atoms with E-state index in [1.54, 1.807) is 31.6 Å². The van der Waals surface area contributed by atoms with E-state index in [1.807, 2.05) is 36.4 Å². The predicted molar refractivity (Wildman–Crippen MR) is 119 cm³/mol. The Morgan fingerprint density at radius 2 is 1.87 bits per heavy atom. The van der Waals surface area contributed by atoms with E-state index < -0.39 is 0 Å². The molecule has 1 fully saturated rings. The number of hydrogen-bond donors (Lipinski definition) is 1. The summed E-state index contributed by atoms with van der Waals surface area (Å²) in [5, 5.41) is 12.1. The fourth-order valence-corrected chi connectivity index (χ4v) is 3.73. The van der Waals surface area contributed by atoms with Crippen molar-refractivity contribution in [1.29, 1.82) is 5.26 Å². The fraction of sp³-hybridized carbons (Fsp3) is 0.250. The van der Waals surface area contributed by atoms with Crippen molar-refractivity contribution in [3.05, 3.63) is 66.5 Å². The lowest BCUT2D eigenvalue weighted by atomic mass is 9.95. The molecule has 1 saturated heterocycles. The molecule has 0 bridgehead atoms. The van der Waals surface area contributed by atoms with Crippen molar-refractivity contribution in [1.82, 2.24) is 9.97 Å². The number of methoxy groups -OCH3 is 1. The summed E-state index contributed by atoms with van der Waals surface area (Å²) < 4.78 is 5.21. The smallest absolute Gasteiger partial charge is 0.227 e. The number of carbonyl (C=O) groups is 1.